The Labute approximate surface area is 125 Å². The lowest BCUT2D eigenvalue weighted by Gasteiger charge is -2.08. The zero-order valence-electron chi connectivity index (χ0n) is 12.3. The lowest BCUT2D eigenvalue weighted by atomic mass is 10.2. The molecule has 3 N–H and O–H groups in total. The number of hydrogen-bond donors (Lipinski definition) is 2. The first-order valence-electron chi connectivity index (χ1n) is 6.79. The Bertz CT molecular complexity index is 553. The van der Waals surface area contributed by atoms with Crippen molar-refractivity contribution in [3.8, 4) is 0 Å². The Morgan fingerprint density at radius 2 is 1.90 bits per heavy atom. The first kappa shape index (κ1) is 17.6. The lowest BCUT2D eigenvalue weighted by molar-refractivity contribution is 0.0925. The minimum Gasteiger partial charge on any atom is -0.381 e. The van der Waals surface area contributed by atoms with E-state index >= 15 is 0 Å². The number of sulfonamides is 1. The van der Waals surface area contributed by atoms with Crippen LogP contribution in [0.1, 0.15) is 30.6 Å². The fourth-order valence-corrected chi connectivity index (χ4v) is 2.11. The summed E-state index contributed by atoms with van der Waals surface area (Å²) in [5.41, 5.74) is 0.394. The van der Waals surface area contributed by atoms with Crippen LogP contribution in [-0.4, -0.2) is 34.1 Å². The van der Waals surface area contributed by atoms with Gasteiger partial charge in [0.05, 0.1) is 4.90 Å². The molecule has 0 saturated heterocycles. The number of amides is 1. The van der Waals surface area contributed by atoms with E-state index in [9.17, 15) is 13.2 Å². The number of carbonyl (C=O) groups is 1. The Morgan fingerprint density at radius 1 is 1.29 bits per heavy atom. The van der Waals surface area contributed by atoms with E-state index in [1.807, 2.05) is 0 Å². The Kier molecular flexibility index (Phi) is 6.80. The van der Waals surface area contributed by atoms with Crippen molar-refractivity contribution >= 4 is 15.9 Å². The zero-order valence-corrected chi connectivity index (χ0v) is 13.2. The summed E-state index contributed by atoms with van der Waals surface area (Å²) in [4.78, 5) is 11.8. The highest BCUT2D eigenvalue weighted by Crippen LogP contribution is 2.08. The summed E-state index contributed by atoms with van der Waals surface area (Å²) in [5, 5.41) is 7.73. The van der Waals surface area contributed by atoms with E-state index in [0.29, 0.717) is 31.2 Å². The van der Waals surface area contributed by atoms with Crippen molar-refractivity contribution in [3.05, 3.63) is 29.8 Å². The average molecular weight is 314 g/mol. The Morgan fingerprint density at radius 3 is 2.43 bits per heavy atom. The maximum absolute atomic E-state index is 11.8. The van der Waals surface area contributed by atoms with Crippen molar-refractivity contribution in [2.45, 2.75) is 25.2 Å². The number of nitrogens with one attached hydrogen (secondary N) is 1. The van der Waals surface area contributed by atoms with Crippen molar-refractivity contribution < 1.29 is 17.9 Å². The van der Waals surface area contributed by atoms with Crippen LogP contribution in [0.2, 0.25) is 0 Å². The quantitative estimate of drug-likeness (QED) is 0.703. The van der Waals surface area contributed by atoms with Gasteiger partial charge in [-0.15, -0.1) is 0 Å². The molecule has 1 rings (SSSR count). The topological polar surface area (TPSA) is 98.5 Å². The van der Waals surface area contributed by atoms with Gasteiger partial charge in [-0.1, -0.05) is 13.8 Å². The fraction of sp³-hybridized carbons (Fsp3) is 0.500. The summed E-state index contributed by atoms with van der Waals surface area (Å²) in [6.07, 6.45) is 0.730. The van der Waals surface area contributed by atoms with E-state index in [2.05, 4.69) is 19.2 Å². The van der Waals surface area contributed by atoms with Crippen LogP contribution in [0.3, 0.4) is 0 Å². The van der Waals surface area contributed by atoms with Crippen LogP contribution in [0.5, 0.6) is 0 Å². The second kappa shape index (κ2) is 8.11. The van der Waals surface area contributed by atoms with Crippen molar-refractivity contribution in [1.29, 1.82) is 0 Å². The van der Waals surface area contributed by atoms with E-state index in [-0.39, 0.29) is 10.8 Å². The molecule has 0 bridgehead atoms. The van der Waals surface area contributed by atoms with Gasteiger partial charge in [-0.3, -0.25) is 4.79 Å². The van der Waals surface area contributed by atoms with Crippen LogP contribution in [0.4, 0.5) is 0 Å². The van der Waals surface area contributed by atoms with Gasteiger partial charge in [0.25, 0.3) is 5.91 Å². The highest BCUT2D eigenvalue weighted by Gasteiger charge is 2.09. The molecule has 21 heavy (non-hydrogen) atoms. The third-order valence-electron chi connectivity index (χ3n) is 2.65. The zero-order chi connectivity index (χ0) is 15.9. The maximum atomic E-state index is 11.8. The van der Waals surface area contributed by atoms with Crippen molar-refractivity contribution in [2.75, 3.05) is 19.8 Å². The van der Waals surface area contributed by atoms with Crippen molar-refractivity contribution in [2.24, 2.45) is 11.1 Å². The van der Waals surface area contributed by atoms with Gasteiger partial charge in [-0.25, -0.2) is 13.6 Å². The minimum atomic E-state index is -3.73. The molecule has 0 fully saturated rings. The summed E-state index contributed by atoms with van der Waals surface area (Å²) in [6, 6.07) is 5.50. The SMILES string of the molecule is CC(C)COCCCNC(=O)c1ccc(S(N)(=O)=O)cc1. The number of hydrogen-bond acceptors (Lipinski definition) is 4. The number of benzene rings is 1. The van der Waals surface area contributed by atoms with E-state index < -0.39 is 10.0 Å². The molecule has 0 radical (unpaired) electrons. The number of carbonyl (C=O) groups excluding carboxylic acids is 1. The van der Waals surface area contributed by atoms with Gasteiger partial charge >= 0.3 is 0 Å². The molecule has 118 valence electrons. The predicted molar refractivity (Wildman–Crippen MR) is 80.4 cm³/mol. The minimum absolute atomic E-state index is 0.0128. The van der Waals surface area contributed by atoms with Crippen LogP contribution in [0.15, 0.2) is 29.2 Å². The van der Waals surface area contributed by atoms with Gasteiger partial charge in [-0.05, 0) is 36.6 Å². The highest BCUT2D eigenvalue weighted by atomic mass is 32.2. The fourth-order valence-electron chi connectivity index (χ4n) is 1.59. The molecule has 1 aromatic rings. The highest BCUT2D eigenvalue weighted by molar-refractivity contribution is 7.89. The molecule has 1 amide bonds. The van der Waals surface area contributed by atoms with E-state index in [1.54, 1.807) is 0 Å². The van der Waals surface area contributed by atoms with Gasteiger partial charge < -0.3 is 10.1 Å². The number of rotatable bonds is 8. The van der Waals surface area contributed by atoms with Crippen molar-refractivity contribution in [1.82, 2.24) is 5.32 Å². The molecule has 0 atom stereocenters. The van der Waals surface area contributed by atoms with Gasteiger partial charge in [-0.2, -0.15) is 0 Å². The Hall–Kier alpha value is -1.44. The summed E-state index contributed by atoms with van der Waals surface area (Å²) in [7, 11) is -3.73. The molecule has 0 aromatic heterocycles. The molecule has 0 aliphatic carbocycles. The van der Waals surface area contributed by atoms with Crippen LogP contribution in [0, 0.1) is 5.92 Å². The molecule has 0 spiro atoms. The molecule has 6 nitrogen and oxygen atoms in total. The first-order valence-corrected chi connectivity index (χ1v) is 8.34. The van der Waals surface area contributed by atoms with Crippen LogP contribution >= 0.6 is 0 Å². The average Bonchev–Trinajstić information content (AvgIpc) is 2.41. The standard InChI is InChI=1S/C14H22N2O4S/c1-11(2)10-20-9-3-8-16-14(17)12-4-6-13(7-5-12)21(15,18)19/h4-7,11H,3,8-10H2,1-2H3,(H,16,17)(H2,15,18,19). The van der Waals surface area contributed by atoms with Gasteiger partial charge in [0.1, 0.15) is 0 Å². The van der Waals surface area contributed by atoms with Crippen molar-refractivity contribution in [3.63, 3.8) is 0 Å². The summed E-state index contributed by atoms with van der Waals surface area (Å²) in [5.74, 6) is 0.247. The van der Waals surface area contributed by atoms with Gasteiger partial charge in [0.2, 0.25) is 10.0 Å². The molecule has 0 unspecified atom stereocenters. The molecular formula is C14H22N2O4S. The third kappa shape index (κ3) is 6.70. The smallest absolute Gasteiger partial charge is 0.251 e. The van der Waals surface area contributed by atoms with Gasteiger partial charge in [0.15, 0.2) is 0 Å². The molecule has 0 saturated carbocycles. The van der Waals surface area contributed by atoms with Crippen LogP contribution in [0.25, 0.3) is 0 Å². The van der Waals surface area contributed by atoms with Crippen LogP contribution in [-0.2, 0) is 14.8 Å². The number of nitrogens with two attached hydrogens (primary N) is 1. The molecule has 1 aromatic carbocycles. The molecule has 0 aliphatic rings. The van der Waals surface area contributed by atoms with Gasteiger partial charge in [0, 0.05) is 25.3 Å². The number of ether oxygens (including phenoxy) is 1. The monoisotopic (exact) mass is 314 g/mol. The van der Waals surface area contributed by atoms with Crippen LogP contribution < -0.4 is 10.5 Å². The third-order valence-corrected chi connectivity index (χ3v) is 3.58. The predicted octanol–water partition coefficient (Wildman–Crippen LogP) is 1.13. The normalized spacial score (nSPS) is 11.6. The molecular weight excluding hydrogens is 292 g/mol. The first-order chi connectivity index (χ1) is 9.80. The molecule has 0 heterocycles. The van der Waals surface area contributed by atoms with E-state index in [4.69, 9.17) is 9.88 Å². The number of primary sulfonamides is 1. The molecule has 7 heteroatoms. The summed E-state index contributed by atoms with van der Waals surface area (Å²) < 4.78 is 27.6. The largest absolute Gasteiger partial charge is 0.381 e. The maximum Gasteiger partial charge on any atom is 0.251 e. The second-order valence-electron chi connectivity index (χ2n) is 5.15. The molecule has 0 aliphatic heterocycles. The lowest BCUT2D eigenvalue weighted by Crippen LogP contribution is -2.25. The Balaban J connectivity index is 2.36. The van der Waals surface area contributed by atoms with E-state index in [1.165, 1.54) is 24.3 Å². The second-order valence-corrected chi connectivity index (χ2v) is 6.71. The summed E-state index contributed by atoms with van der Waals surface area (Å²) in [6.45, 7) is 5.97. The summed E-state index contributed by atoms with van der Waals surface area (Å²) >= 11 is 0. The van der Waals surface area contributed by atoms with E-state index in [0.717, 1.165) is 6.42 Å².